The van der Waals surface area contributed by atoms with E-state index in [1.165, 1.54) is 0 Å². The van der Waals surface area contributed by atoms with Crippen LogP contribution >= 0.6 is 0 Å². The lowest BCUT2D eigenvalue weighted by molar-refractivity contribution is -0.120. The smallest absolute Gasteiger partial charge is 0.248 e. The van der Waals surface area contributed by atoms with Gasteiger partial charge in [-0.3, -0.25) is 9.59 Å². The monoisotopic (exact) mass is 287 g/mol. The Labute approximate surface area is 122 Å². The lowest BCUT2D eigenvalue weighted by atomic mass is 10.2. The van der Waals surface area contributed by atoms with Gasteiger partial charge in [-0.15, -0.1) is 0 Å². The average molecular weight is 287 g/mol. The topological polar surface area (TPSA) is 97.4 Å². The molecule has 0 bridgehead atoms. The van der Waals surface area contributed by atoms with Crippen LogP contribution in [0.5, 0.6) is 0 Å². The first-order valence-corrected chi connectivity index (χ1v) is 6.53. The number of nitrogens with two attached hydrogens (primary N) is 1. The Morgan fingerprint density at radius 1 is 1.24 bits per heavy atom. The number of anilines is 1. The van der Waals surface area contributed by atoms with Gasteiger partial charge in [-0.1, -0.05) is 0 Å². The number of furan rings is 1. The van der Waals surface area contributed by atoms with E-state index in [0.717, 1.165) is 5.69 Å². The van der Waals surface area contributed by atoms with Crippen LogP contribution in [0.3, 0.4) is 0 Å². The zero-order valence-corrected chi connectivity index (χ0v) is 11.6. The van der Waals surface area contributed by atoms with Crippen LogP contribution in [-0.2, 0) is 4.79 Å². The van der Waals surface area contributed by atoms with Gasteiger partial charge in [-0.2, -0.15) is 0 Å². The van der Waals surface area contributed by atoms with E-state index in [4.69, 9.17) is 10.2 Å². The summed E-state index contributed by atoms with van der Waals surface area (Å²) in [7, 11) is 0. The lowest BCUT2D eigenvalue weighted by Crippen LogP contribution is -2.31. The molecule has 4 N–H and O–H groups in total. The second-order valence-electron chi connectivity index (χ2n) is 4.60. The highest BCUT2D eigenvalue weighted by atomic mass is 16.3. The third-order valence-electron chi connectivity index (χ3n) is 2.97. The van der Waals surface area contributed by atoms with Gasteiger partial charge in [0.25, 0.3) is 0 Å². The molecule has 110 valence electrons. The number of benzene rings is 1. The Hall–Kier alpha value is -2.76. The van der Waals surface area contributed by atoms with E-state index >= 15 is 0 Å². The fraction of sp³-hybridized carbons (Fsp3) is 0.200. The average Bonchev–Trinajstić information content (AvgIpc) is 3.00. The molecule has 0 fully saturated rings. The summed E-state index contributed by atoms with van der Waals surface area (Å²) in [4.78, 5) is 22.7. The van der Waals surface area contributed by atoms with Gasteiger partial charge in [0.1, 0.15) is 5.76 Å². The van der Waals surface area contributed by atoms with Crippen LogP contribution in [0.15, 0.2) is 47.1 Å². The normalized spacial score (nSPS) is 11.7. The van der Waals surface area contributed by atoms with Crippen LogP contribution in [0.4, 0.5) is 5.69 Å². The highest BCUT2D eigenvalue weighted by molar-refractivity contribution is 5.93. The maximum Gasteiger partial charge on any atom is 0.248 e. The van der Waals surface area contributed by atoms with Crippen molar-refractivity contribution in [2.24, 2.45) is 5.73 Å². The van der Waals surface area contributed by atoms with Gasteiger partial charge in [0, 0.05) is 11.3 Å². The molecule has 0 radical (unpaired) electrons. The third kappa shape index (κ3) is 4.10. The molecule has 1 aromatic carbocycles. The molecule has 6 nitrogen and oxygen atoms in total. The van der Waals surface area contributed by atoms with Crippen LogP contribution in [0.2, 0.25) is 0 Å². The van der Waals surface area contributed by atoms with E-state index in [2.05, 4.69) is 10.6 Å². The molecule has 6 heteroatoms. The Bertz CT molecular complexity index is 606. The molecule has 1 aromatic heterocycles. The predicted octanol–water partition coefficient (Wildman–Crippen LogP) is 1.67. The molecular formula is C15H17N3O3. The summed E-state index contributed by atoms with van der Waals surface area (Å²) in [6.45, 7) is 1.97. The molecule has 2 aromatic rings. The van der Waals surface area contributed by atoms with Crippen molar-refractivity contribution in [2.45, 2.75) is 13.0 Å². The van der Waals surface area contributed by atoms with Crippen molar-refractivity contribution in [1.82, 2.24) is 5.32 Å². The predicted molar refractivity (Wildman–Crippen MR) is 78.7 cm³/mol. The largest absolute Gasteiger partial charge is 0.467 e. The maximum atomic E-state index is 11.8. The van der Waals surface area contributed by atoms with Crippen LogP contribution < -0.4 is 16.4 Å². The summed E-state index contributed by atoms with van der Waals surface area (Å²) < 4.78 is 5.22. The van der Waals surface area contributed by atoms with Crippen molar-refractivity contribution in [3.8, 4) is 0 Å². The summed E-state index contributed by atoms with van der Waals surface area (Å²) in [6.07, 6.45) is 1.57. The van der Waals surface area contributed by atoms with Crippen LogP contribution in [0.1, 0.15) is 29.1 Å². The second kappa shape index (κ2) is 6.60. The minimum atomic E-state index is -0.480. The van der Waals surface area contributed by atoms with E-state index < -0.39 is 5.91 Å². The van der Waals surface area contributed by atoms with Gasteiger partial charge >= 0.3 is 0 Å². The molecule has 0 saturated carbocycles. The zero-order valence-electron chi connectivity index (χ0n) is 11.6. The van der Waals surface area contributed by atoms with Crippen molar-refractivity contribution < 1.29 is 14.0 Å². The second-order valence-corrected chi connectivity index (χ2v) is 4.60. The first-order chi connectivity index (χ1) is 10.1. The van der Waals surface area contributed by atoms with E-state index in [1.807, 2.05) is 6.92 Å². The van der Waals surface area contributed by atoms with E-state index in [0.29, 0.717) is 11.3 Å². The summed E-state index contributed by atoms with van der Waals surface area (Å²) in [6, 6.07) is 10.00. The Morgan fingerprint density at radius 2 is 1.95 bits per heavy atom. The summed E-state index contributed by atoms with van der Waals surface area (Å²) in [5.41, 5.74) is 6.32. The molecule has 21 heavy (non-hydrogen) atoms. The Balaban J connectivity index is 1.82. The molecule has 2 rings (SSSR count). The fourth-order valence-corrected chi connectivity index (χ4v) is 1.84. The van der Waals surface area contributed by atoms with Gasteiger partial charge in [0.05, 0.1) is 18.8 Å². The standard InChI is InChI=1S/C15H17N3O3/c1-10(13-3-2-8-21-13)18-14(19)9-17-12-6-4-11(5-7-12)15(16)20/h2-8,10,17H,9H2,1H3,(H2,16,20)(H,18,19). The Morgan fingerprint density at radius 3 is 2.52 bits per heavy atom. The van der Waals surface area contributed by atoms with Crippen molar-refractivity contribution in [1.29, 1.82) is 0 Å². The number of primary amides is 1. The van der Waals surface area contributed by atoms with Crippen LogP contribution in [-0.4, -0.2) is 18.4 Å². The van der Waals surface area contributed by atoms with Crippen molar-refractivity contribution >= 4 is 17.5 Å². The van der Waals surface area contributed by atoms with Gasteiger partial charge < -0.3 is 20.8 Å². The molecule has 2 amide bonds. The highest BCUT2D eigenvalue weighted by Crippen LogP contribution is 2.12. The zero-order chi connectivity index (χ0) is 15.2. The molecular weight excluding hydrogens is 270 g/mol. The molecule has 0 aliphatic rings. The lowest BCUT2D eigenvalue weighted by Gasteiger charge is -2.12. The molecule has 1 heterocycles. The molecule has 0 aliphatic heterocycles. The molecule has 0 aliphatic carbocycles. The summed E-state index contributed by atoms with van der Waals surface area (Å²) in [5.74, 6) is 0.0682. The molecule has 0 spiro atoms. The summed E-state index contributed by atoms with van der Waals surface area (Å²) >= 11 is 0. The highest BCUT2D eigenvalue weighted by Gasteiger charge is 2.11. The fourth-order valence-electron chi connectivity index (χ4n) is 1.84. The number of nitrogens with one attached hydrogen (secondary N) is 2. The Kier molecular flexibility index (Phi) is 4.61. The molecule has 1 unspecified atom stereocenters. The number of amides is 2. The maximum absolute atomic E-state index is 11.8. The van der Waals surface area contributed by atoms with Gasteiger partial charge in [0.2, 0.25) is 11.8 Å². The van der Waals surface area contributed by atoms with Crippen molar-refractivity contribution in [2.75, 3.05) is 11.9 Å². The SMILES string of the molecule is CC(NC(=O)CNc1ccc(C(N)=O)cc1)c1ccco1. The van der Waals surface area contributed by atoms with Crippen LogP contribution in [0.25, 0.3) is 0 Å². The number of carbonyl (C=O) groups is 2. The number of rotatable bonds is 6. The number of carbonyl (C=O) groups excluding carboxylic acids is 2. The van der Waals surface area contributed by atoms with Crippen molar-refractivity contribution in [3.05, 3.63) is 54.0 Å². The first-order valence-electron chi connectivity index (χ1n) is 6.53. The number of hydrogen-bond donors (Lipinski definition) is 3. The number of hydrogen-bond acceptors (Lipinski definition) is 4. The van der Waals surface area contributed by atoms with Gasteiger partial charge in [-0.05, 0) is 43.3 Å². The van der Waals surface area contributed by atoms with Crippen molar-refractivity contribution in [3.63, 3.8) is 0 Å². The third-order valence-corrected chi connectivity index (χ3v) is 2.97. The van der Waals surface area contributed by atoms with E-state index in [1.54, 1.807) is 42.7 Å². The first kappa shape index (κ1) is 14.6. The minimum Gasteiger partial charge on any atom is -0.467 e. The van der Waals surface area contributed by atoms with Gasteiger partial charge in [0.15, 0.2) is 0 Å². The summed E-state index contributed by atoms with van der Waals surface area (Å²) in [5, 5.41) is 5.78. The molecule has 0 saturated heterocycles. The quantitative estimate of drug-likeness (QED) is 0.752. The minimum absolute atomic E-state index is 0.126. The molecule has 1 atom stereocenters. The van der Waals surface area contributed by atoms with E-state index in [-0.39, 0.29) is 18.5 Å². The van der Waals surface area contributed by atoms with Gasteiger partial charge in [-0.25, -0.2) is 0 Å². The van der Waals surface area contributed by atoms with Crippen LogP contribution in [0, 0.1) is 0 Å². The van der Waals surface area contributed by atoms with E-state index in [9.17, 15) is 9.59 Å².